The third-order valence-electron chi connectivity index (χ3n) is 1.77. The molecule has 1 N–H and O–H groups in total. The average Bonchev–Trinajstić information content (AvgIpc) is 2.88. The number of nitroso groups, excluding NO2 is 1. The van der Waals surface area contributed by atoms with Gasteiger partial charge in [-0.05, 0) is 24.9 Å². The van der Waals surface area contributed by atoms with E-state index >= 15 is 0 Å². The minimum atomic E-state index is -0.845. The molecule has 0 aromatic heterocycles. The van der Waals surface area contributed by atoms with Gasteiger partial charge in [-0.3, -0.25) is 0 Å². The zero-order valence-corrected chi connectivity index (χ0v) is 7.32. The standard InChI is InChI=1S/C8H11NO4/c1-2-13-8(11)6(9-12)7(10)5-3-4-5/h5,10H,2-4H2,1H3/b7-6+. The molecule has 1 aliphatic rings. The summed E-state index contributed by atoms with van der Waals surface area (Å²) in [5.41, 5.74) is -0.482. The predicted molar refractivity (Wildman–Crippen MR) is 44.8 cm³/mol. The summed E-state index contributed by atoms with van der Waals surface area (Å²) in [5.74, 6) is -1.15. The van der Waals surface area contributed by atoms with Crippen LogP contribution in [-0.4, -0.2) is 17.7 Å². The van der Waals surface area contributed by atoms with Crippen LogP contribution in [0.2, 0.25) is 0 Å². The Morgan fingerprint density at radius 3 is 2.62 bits per heavy atom. The average molecular weight is 185 g/mol. The number of ether oxygens (including phenoxy) is 1. The molecule has 1 rings (SSSR count). The van der Waals surface area contributed by atoms with Crippen molar-refractivity contribution in [2.45, 2.75) is 19.8 Å². The highest BCUT2D eigenvalue weighted by Crippen LogP contribution is 2.36. The number of aliphatic hydroxyl groups excluding tert-OH is 1. The van der Waals surface area contributed by atoms with Crippen LogP contribution in [0.1, 0.15) is 19.8 Å². The van der Waals surface area contributed by atoms with Gasteiger partial charge in [-0.1, -0.05) is 0 Å². The van der Waals surface area contributed by atoms with E-state index in [1.165, 1.54) is 0 Å². The van der Waals surface area contributed by atoms with Gasteiger partial charge in [0.25, 0.3) is 0 Å². The Balaban J connectivity index is 2.74. The fourth-order valence-corrected chi connectivity index (χ4v) is 0.938. The predicted octanol–water partition coefficient (Wildman–Crippen LogP) is 1.50. The van der Waals surface area contributed by atoms with Crippen molar-refractivity contribution in [3.8, 4) is 0 Å². The molecular weight excluding hydrogens is 174 g/mol. The van der Waals surface area contributed by atoms with Crippen LogP contribution in [0.15, 0.2) is 16.6 Å². The number of hydrogen-bond acceptors (Lipinski definition) is 5. The summed E-state index contributed by atoms with van der Waals surface area (Å²) >= 11 is 0. The Morgan fingerprint density at radius 1 is 1.62 bits per heavy atom. The largest absolute Gasteiger partial charge is 0.509 e. The zero-order valence-electron chi connectivity index (χ0n) is 7.32. The summed E-state index contributed by atoms with van der Waals surface area (Å²) in [6.07, 6.45) is 1.59. The molecule has 1 fully saturated rings. The first-order valence-electron chi connectivity index (χ1n) is 4.14. The lowest BCUT2D eigenvalue weighted by Crippen LogP contribution is -2.09. The third-order valence-corrected chi connectivity index (χ3v) is 1.77. The van der Waals surface area contributed by atoms with Gasteiger partial charge in [0.15, 0.2) is 0 Å². The Kier molecular flexibility index (Phi) is 3.00. The molecule has 5 heteroatoms. The molecule has 0 amide bonds. The van der Waals surface area contributed by atoms with Crippen LogP contribution < -0.4 is 0 Å². The zero-order chi connectivity index (χ0) is 9.84. The van der Waals surface area contributed by atoms with Crippen molar-refractivity contribution < 1.29 is 14.6 Å². The molecule has 0 saturated heterocycles. The number of hydrogen-bond donors (Lipinski definition) is 1. The summed E-state index contributed by atoms with van der Waals surface area (Å²) in [6, 6.07) is 0. The van der Waals surface area contributed by atoms with Gasteiger partial charge in [0.1, 0.15) is 5.76 Å². The van der Waals surface area contributed by atoms with E-state index in [0.29, 0.717) is 0 Å². The van der Waals surface area contributed by atoms with Gasteiger partial charge in [-0.15, -0.1) is 4.91 Å². The normalized spacial score (nSPS) is 17.6. The van der Waals surface area contributed by atoms with Crippen molar-refractivity contribution in [3.63, 3.8) is 0 Å². The maximum Gasteiger partial charge on any atom is 0.364 e. The van der Waals surface area contributed by atoms with E-state index in [2.05, 4.69) is 9.91 Å². The fourth-order valence-electron chi connectivity index (χ4n) is 0.938. The Bertz CT molecular complexity index is 255. The fraction of sp³-hybridized carbons (Fsp3) is 0.625. The van der Waals surface area contributed by atoms with Crippen LogP contribution in [0.25, 0.3) is 0 Å². The van der Waals surface area contributed by atoms with Crippen LogP contribution in [0.3, 0.4) is 0 Å². The molecule has 1 saturated carbocycles. The van der Waals surface area contributed by atoms with Gasteiger partial charge >= 0.3 is 5.97 Å². The quantitative estimate of drug-likeness (QED) is 0.311. The summed E-state index contributed by atoms with van der Waals surface area (Å²) in [7, 11) is 0. The van der Waals surface area contributed by atoms with Crippen LogP contribution in [0.4, 0.5) is 0 Å². The molecule has 1 aliphatic carbocycles. The van der Waals surface area contributed by atoms with Crippen LogP contribution >= 0.6 is 0 Å². The minimum Gasteiger partial charge on any atom is -0.509 e. The van der Waals surface area contributed by atoms with Crippen molar-refractivity contribution in [2.24, 2.45) is 11.1 Å². The van der Waals surface area contributed by atoms with E-state index in [9.17, 15) is 14.8 Å². The molecule has 13 heavy (non-hydrogen) atoms. The summed E-state index contributed by atoms with van der Waals surface area (Å²) in [6.45, 7) is 1.78. The number of carbonyl (C=O) groups is 1. The van der Waals surface area contributed by atoms with Gasteiger partial charge < -0.3 is 9.84 Å². The number of aliphatic hydroxyl groups is 1. The van der Waals surface area contributed by atoms with Gasteiger partial charge in [-0.2, -0.15) is 0 Å². The topological polar surface area (TPSA) is 76.0 Å². The summed E-state index contributed by atoms with van der Waals surface area (Å²) < 4.78 is 4.54. The second kappa shape index (κ2) is 4.02. The number of nitrogens with zero attached hydrogens (tertiary/aromatic N) is 1. The van der Waals surface area contributed by atoms with Crippen molar-refractivity contribution in [1.82, 2.24) is 0 Å². The molecule has 0 aromatic rings. The van der Waals surface area contributed by atoms with Crippen LogP contribution in [0, 0.1) is 10.8 Å². The monoisotopic (exact) mass is 185 g/mol. The lowest BCUT2D eigenvalue weighted by molar-refractivity contribution is -0.138. The molecule has 0 aromatic carbocycles. The van der Waals surface area contributed by atoms with Crippen molar-refractivity contribution >= 4 is 5.97 Å². The lowest BCUT2D eigenvalue weighted by Gasteiger charge is -2.01. The third kappa shape index (κ3) is 2.27. The van der Waals surface area contributed by atoms with Gasteiger partial charge in [0.2, 0.25) is 5.70 Å². The van der Waals surface area contributed by atoms with Crippen LogP contribution in [0.5, 0.6) is 0 Å². The molecular formula is C8H11NO4. The van der Waals surface area contributed by atoms with E-state index < -0.39 is 11.7 Å². The van der Waals surface area contributed by atoms with E-state index in [0.717, 1.165) is 12.8 Å². The first-order chi connectivity index (χ1) is 6.20. The van der Waals surface area contributed by atoms with Gasteiger partial charge in [0, 0.05) is 5.92 Å². The Hall–Kier alpha value is -1.39. The maximum atomic E-state index is 11.0. The van der Waals surface area contributed by atoms with E-state index in [1.54, 1.807) is 6.92 Å². The number of esters is 1. The van der Waals surface area contributed by atoms with Crippen molar-refractivity contribution in [3.05, 3.63) is 16.4 Å². The molecule has 5 nitrogen and oxygen atoms in total. The van der Waals surface area contributed by atoms with Crippen molar-refractivity contribution in [2.75, 3.05) is 6.61 Å². The number of rotatable bonds is 4. The Morgan fingerprint density at radius 2 is 2.23 bits per heavy atom. The SMILES string of the molecule is CCOC(=O)/C(N=O)=C(\O)C1CC1. The molecule has 0 spiro atoms. The summed E-state index contributed by atoms with van der Waals surface area (Å²) in [5, 5.41) is 11.8. The number of carbonyl (C=O) groups excluding carboxylic acids is 1. The molecule has 0 unspecified atom stereocenters. The van der Waals surface area contributed by atoms with Crippen molar-refractivity contribution in [1.29, 1.82) is 0 Å². The molecule has 0 atom stereocenters. The molecule has 0 heterocycles. The first kappa shape index (κ1) is 9.70. The van der Waals surface area contributed by atoms with Gasteiger partial charge in [-0.25, -0.2) is 4.79 Å². The first-order valence-corrected chi connectivity index (χ1v) is 4.14. The maximum absolute atomic E-state index is 11.0. The highest BCUT2D eigenvalue weighted by Gasteiger charge is 2.32. The lowest BCUT2D eigenvalue weighted by atomic mass is 10.3. The van der Waals surface area contributed by atoms with E-state index in [4.69, 9.17) is 0 Å². The van der Waals surface area contributed by atoms with Crippen LogP contribution in [-0.2, 0) is 9.53 Å². The van der Waals surface area contributed by atoms with E-state index in [1.807, 2.05) is 0 Å². The second-order valence-electron chi connectivity index (χ2n) is 2.82. The highest BCUT2D eigenvalue weighted by atomic mass is 16.5. The molecule has 0 bridgehead atoms. The smallest absolute Gasteiger partial charge is 0.364 e. The Labute approximate surface area is 75.4 Å². The number of allylic oxidation sites excluding steroid dienone is 1. The summed E-state index contributed by atoms with van der Waals surface area (Å²) in [4.78, 5) is 21.2. The van der Waals surface area contributed by atoms with Gasteiger partial charge in [0.05, 0.1) is 6.61 Å². The second-order valence-corrected chi connectivity index (χ2v) is 2.82. The molecule has 0 aliphatic heterocycles. The molecule has 0 radical (unpaired) electrons. The van der Waals surface area contributed by atoms with E-state index in [-0.39, 0.29) is 18.3 Å². The highest BCUT2D eigenvalue weighted by molar-refractivity contribution is 5.88. The minimum absolute atomic E-state index is 0.0721. The molecule has 72 valence electrons.